The van der Waals surface area contributed by atoms with E-state index in [2.05, 4.69) is 0 Å². The van der Waals surface area contributed by atoms with E-state index in [1.165, 1.54) is 17.0 Å². The van der Waals surface area contributed by atoms with Gasteiger partial charge in [-0.3, -0.25) is 4.79 Å². The van der Waals surface area contributed by atoms with Crippen LogP contribution in [0.25, 0.3) is 0 Å². The van der Waals surface area contributed by atoms with Crippen molar-refractivity contribution < 1.29 is 17.6 Å². The number of sulfone groups is 1. The molecule has 2 aromatic carbocycles. The second kappa shape index (κ2) is 5.94. The minimum atomic E-state index is -3.56. The Labute approximate surface area is 138 Å². The van der Waals surface area contributed by atoms with Crippen LogP contribution < -0.4 is 0 Å². The van der Waals surface area contributed by atoms with Gasteiger partial charge in [0.05, 0.1) is 4.90 Å². The lowest BCUT2D eigenvalue weighted by atomic mass is 10.1. The van der Waals surface area contributed by atoms with Crippen molar-refractivity contribution in [2.45, 2.75) is 10.1 Å². The quantitative estimate of drug-likeness (QED) is 0.797. The molecule has 4 nitrogen and oxygen atoms in total. The lowest BCUT2D eigenvalue weighted by molar-refractivity contribution is 0.0659. The third-order valence-corrected chi connectivity index (χ3v) is 6.16. The predicted molar refractivity (Wildman–Crippen MR) is 84.7 cm³/mol. The van der Waals surface area contributed by atoms with Crippen LogP contribution in [-0.2, 0) is 9.84 Å². The maximum Gasteiger partial charge on any atom is 0.253 e. The number of hydrogen-bond donors (Lipinski definition) is 0. The van der Waals surface area contributed by atoms with Crippen molar-refractivity contribution >= 4 is 27.3 Å². The van der Waals surface area contributed by atoms with E-state index in [1.807, 2.05) is 0 Å². The lowest BCUT2D eigenvalue weighted by Crippen LogP contribution is -2.56. The van der Waals surface area contributed by atoms with Crippen LogP contribution >= 0.6 is 11.6 Å². The second-order valence-corrected chi connectivity index (χ2v) is 8.00. The maximum atomic E-state index is 12.9. The van der Waals surface area contributed by atoms with Gasteiger partial charge < -0.3 is 4.90 Å². The first-order valence-corrected chi connectivity index (χ1v) is 8.84. The molecule has 0 saturated carbocycles. The van der Waals surface area contributed by atoms with Crippen molar-refractivity contribution in [3.63, 3.8) is 0 Å². The van der Waals surface area contributed by atoms with E-state index in [0.29, 0.717) is 10.6 Å². The number of carbonyl (C=O) groups excluding carboxylic acids is 1. The van der Waals surface area contributed by atoms with Gasteiger partial charge >= 0.3 is 0 Å². The Morgan fingerprint density at radius 1 is 1.04 bits per heavy atom. The van der Waals surface area contributed by atoms with Crippen molar-refractivity contribution in [3.05, 3.63) is 64.9 Å². The average Bonchev–Trinajstić information content (AvgIpc) is 2.46. The Balaban J connectivity index is 1.69. The number of rotatable bonds is 3. The lowest BCUT2D eigenvalue weighted by Gasteiger charge is -2.38. The highest BCUT2D eigenvalue weighted by Gasteiger charge is 2.40. The molecule has 0 aliphatic carbocycles. The molecule has 1 amide bonds. The summed E-state index contributed by atoms with van der Waals surface area (Å²) in [5, 5.41) is -0.133. The van der Waals surface area contributed by atoms with Crippen LogP contribution in [0.15, 0.2) is 53.4 Å². The molecule has 1 aliphatic heterocycles. The van der Waals surface area contributed by atoms with E-state index >= 15 is 0 Å². The molecule has 7 heteroatoms. The van der Waals surface area contributed by atoms with Crippen LogP contribution in [0.3, 0.4) is 0 Å². The topological polar surface area (TPSA) is 54.5 Å². The first-order valence-electron chi connectivity index (χ1n) is 6.92. The van der Waals surface area contributed by atoms with Crippen LogP contribution in [0.2, 0.25) is 5.02 Å². The van der Waals surface area contributed by atoms with E-state index in [4.69, 9.17) is 11.6 Å². The first-order chi connectivity index (χ1) is 10.9. The highest BCUT2D eigenvalue weighted by Crippen LogP contribution is 2.25. The fraction of sp³-hybridized carbons (Fsp3) is 0.188. The Morgan fingerprint density at radius 3 is 2.17 bits per heavy atom. The second-order valence-electron chi connectivity index (χ2n) is 5.34. The van der Waals surface area contributed by atoms with Gasteiger partial charge in [-0.05, 0) is 48.5 Å². The molecule has 0 atom stereocenters. The number of amides is 1. The summed E-state index contributed by atoms with van der Waals surface area (Å²) >= 11 is 5.77. The van der Waals surface area contributed by atoms with E-state index < -0.39 is 20.9 Å². The zero-order valence-electron chi connectivity index (χ0n) is 11.9. The summed E-state index contributed by atoms with van der Waals surface area (Å²) in [6, 6.07) is 11.1. The zero-order chi connectivity index (χ0) is 16.6. The fourth-order valence-electron chi connectivity index (χ4n) is 2.39. The molecule has 1 fully saturated rings. The molecule has 0 N–H and O–H groups in total. The minimum Gasteiger partial charge on any atom is -0.336 e. The van der Waals surface area contributed by atoms with Crippen LogP contribution in [0.4, 0.5) is 4.39 Å². The van der Waals surface area contributed by atoms with Crippen molar-refractivity contribution in [1.29, 1.82) is 0 Å². The van der Waals surface area contributed by atoms with E-state index in [9.17, 15) is 17.6 Å². The van der Waals surface area contributed by atoms with Gasteiger partial charge in [-0.25, -0.2) is 12.8 Å². The van der Waals surface area contributed by atoms with Crippen LogP contribution in [-0.4, -0.2) is 37.6 Å². The van der Waals surface area contributed by atoms with Crippen molar-refractivity contribution in [3.8, 4) is 0 Å². The minimum absolute atomic E-state index is 0.0718. The highest BCUT2D eigenvalue weighted by atomic mass is 35.5. The van der Waals surface area contributed by atoms with Crippen LogP contribution in [0, 0.1) is 5.82 Å². The summed E-state index contributed by atoms with van der Waals surface area (Å²) in [6.45, 7) is 0.252. The van der Waals surface area contributed by atoms with Gasteiger partial charge in [0.1, 0.15) is 11.1 Å². The van der Waals surface area contributed by atoms with Crippen LogP contribution in [0.5, 0.6) is 0 Å². The van der Waals surface area contributed by atoms with Crippen molar-refractivity contribution in [1.82, 2.24) is 4.90 Å². The summed E-state index contributed by atoms with van der Waals surface area (Å²) < 4.78 is 37.7. The Kier molecular flexibility index (Phi) is 4.12. The monoisotopic (exact) mass is 353 g/mol. The average molecular weight is 354 g/mol. The molecule has 1 saturated heterocycles. The molecule has 3 rings (SSSR count). The molecular weight excluding hydrogens is 341 g/mol. The smallest absolute Gasteiger partial charge is 0.253 e. The highest BCUT2D eigenvalue weighted by molar-refractivity contribution is 7.92. The van der Waals surface area contributed by atoms with Crippen molar-refractivity contribution in [2.75, 3.05) is 13.1 Å². The summed E-state index contributed by atoms with van der Waals surface area (Å²) in [4.78, 5) is 13.8. The van der Waals surface area contributed by atoms with Crippen LogP contribution in [0.1, 0.15) is 10.4 Å². The Hall–Kier alpha value is -1.92. The molecule has 0 radical (unpaired) electrons. The SMILES string of the molecule is O=C(c1ccc(Cl)cc1)N1CC(S(=O)(=O)c2ccc(F)cc2)C1. The number of likely N-dealkylation sites (tertiary alicyclic amines) is 1. The van der Waals surface area contributed by atoms with Crippen molar-refractivity contribution in [2.24, 2.45) is 0 Å². The van der Waals surface area contributed by atoms with Gasteiger partial charge in [0, 0.05) is 23.7 Å². The van der Waals surface area contributed by atoms with Gasteiger partial charge in [-0.15, -0.1) is 0 Å². The number of hydrogen-bond acceptors (Lipinski definition) is 3. The van der Waals surface area contributed by atoms with Gasteiger partial charge in [0.25, 0.3) is 5.91 Å². The molecule has 0 spiro atoms. The molecule has 23 heavy (non-hydrogen) atoms. The predicted octanol–water partition coefficient (Wildman–Crippen LogP) is 2.78. The molecule has 1 aliphatic rings. The van der Waals surface area contributed by atoms with E-state index in [-0.39, 0.29) is 23.9 Å². The van der Waals surface area contributed by atoms with E-state index in [0.717, 1.165) is 12.1 Å². The maximum absolute atomic E-state index is 12.9. The molecule has 0 bridgehead atoms. The summed E-state index contributed by atoms with van der Waals surface area (Å²) in [5.74, 6) is -0.718. The molecule has 1 heterocycles. The Morgan fingerprint density at radius 2 is 1.61 bits per heavy atom. The summed E-state index contributed by atoms with van der Waals surface area (Å²) in [6.07, 6.45) is 0. The Bertz CT molecular complexity index is 829. The molecule has 0 unspecified atom stereocenters. The zero-order valence-corrected chi connectivity index (χ0v) is 13.5. The van der Waals surface area contributed by atoms with Gasteiger partial charge in [-0.2, -0.15) is 0 Å². The normalized spacial score (nSPS) is 15.3. The molecule has 2 aromatic rings. The fourth-order valence-corrected chi connectivity index (χ4v) is 4.17. The third kappa shape index (κ3) is 3.09. The van der Waals surface area contributed by atoms with Gasteiger partial charge in [0.15, 0.2) is 9.84 Å². The summed E-state index contributed by atoms with van der Waals surface area (Å²) in [7, 11) is -3.56. The van der Waals surface area contributed by atoms with Gasteiger partial charge in [-0.1, -0.05) is 11.6 Å². The molecule has 0 aromatic heterocycles. The number of nitrogens with zero attached hydrogens (tertiary/aromatic N) is 1. The van der Waals surface area contributed by atoms with E-state index in [1.54, 1.807) is 24.3 Å². The molecular formula is C16H13ClFNO3S. The standard InChI is InChI=1S/C16H13ClFNO3S/c17-12-3-1-11(2-4-12)16(20)19-9-15(10-19)23(21,22)14-7-5-13(18)6-8-14/h1-8,15H,9-10H2. The molecule has 120 valence electrons. The van der Waals surface area contributed by atoms with Gasteiger partial charge in [0.2, 0.25) is 0 Å². The third-order valence-electron chi connectivity index (χ3n) is 3.81. The summed E-state index contributed by atoms with van der Waals surface area (Å²) in [5.41, 5.74) is 0.465. The number of halogens is 2. The largest absolute Gasteiger partial charge is 0.336 e. The number of benzene rings is 2. The number of carbonyl (C=O) groups is 1. The first kappa shape index (κ1) is 16.0.